The van der Waals surface area contributed by atoms with E-state index in [2.05, 4.69) is 119 Å². The van der Waals surface area contributed by atoms with Crippen LogP contribution in [-0.2, 0) is 0 Å². The van der Waals surface area contributed by atoms with Crippen LogP contribution in [0, 0.1) is 11.8 Å². The van der Waals surface area contributed by atoms with Crippen LogP contribution in [0.4, 0.5) is 0 Å². The summed E-state index contributed by atoms with van der Waals surface area (Å²) in [6, 6.07) is 40.1. The zero-order valence-corrected chi connectivity index (χ0v) is 25.5. The van der Waals surface area contributed by atoms with Gasteiger partial charge in [-0.2, -0.15) is 0 Å². The predicted molar refractivity (Wildman–Crippen MR) is 179 cm³/mol. The van der Waals surface area contributed by atoms with Gasteiger partial charge in [-0.15, -0.1) is 0 Å². The van der Waals surface area contributed by atoms with Gasteiger partial charge in [0, 0.05) is 29.7 Å². The Labute approximate surface area is 255 Å². The zero-order chi connectivity index (χ0) is 29.2. The molecule has 0 saturated carbocycles. The first-order valence-electron chi connectivity index (χ1n) is 15.6. The van der Waals surface area contributed by atoms with E-state index < -0.39 is 7.92 Å². The van der Waals surface area contributed by atoms with Crippen molar-refractivity contribution in [2.45, 2.75) is 38.3 Å². The highest BCUT2D eigenvalue weighted by molar-refractivity contribution is 7.80. The molecule has 2 bridgehead atoms. The van der Waals surface area contributed by atoms with E-state index in [0.717, 1.165) is 52.8 Å². The molecule has 1 amide bonds. The van der Waals surface area contributed by atoms with Gasteiger partial charge < -0.3 is 5.32 Å². The number of fused-ring (bicyclic) bond motifs is 4. The largest absolute Gasteiger partial charge is 0.344 e. The van der Waals surface area contributed by atoms with Crippen molar-refractivity contribution < 1.29 is 4.79 Å². The smallest absolute Gasteiger partial charge is 0.252 e. The average molecular weight is 584 g/mol. The van der Waals surface area contributed by atoms with Gasteiger partial charge in [-0.1, -0.05) is 110 Å². The van der Waals surface area contributed by atoms with Gasteiger partial charge >= 0.3 is 0 Å². The number of nitrogens with one attached hydrogen (secondary N) is 1. The number of benzene rings is 4. The van der Waals surface area contributed by atoms with Gasteiger partial charge in [-0.25, -0.2) is 0 Å². The molecule has 4 unspecified atom stereocenters. The monoisotopic (exact) mass is 583 g/mol. The Kier molecular flexibility index (Phi) is 8.06. The van der Waals surface area contributed by atoms with Gasteiger partial charge in [0.05, 0.1) is 11.6 Å². The highest BCUT2D eigenvalue weighted by Crippen LogP contribution is 2.43. The number of nitrogens with zero attached hydrogens (tertiary/aromatic N) is 2. The van der Waals surface area contributed by atoms with Crippen LogP contribution < -0.4 is 21.2 Å². The van der Waals surface area contributed by atoms with Crippen LogP contribution in [-0.4, -0.2) is 34.9 Å². The van der Waals surface area contributed by atoms with Crippen LogP contribution in [0.1, 0.15) is 48.1 Å². The van der Waals surface area contributed by atoms with Crippen LogP contribution in [0.25, 0.3) is 10.9 Å². The normalized spacial score (nSPS) is 22.0. The molecule has 5 atom stereocenters. The lowest BCUT2D eigenvalue weighted by atomic mass is 9.72. The van der Waals surface area contributed by atoms with Crippen molar-refractivity contribution >= 4 is 40.6 Å². The lowest BCUT2D eigenvalue weighted by molar-refractivity contribution is -0.0152. The molecule has 1 aromatic heterocycles. The summed E-state index contributed by atoms with van der Waals surface area (Å²) >= 11 is 0. The number of carbonyl (C=O) groups is 1. The molecule has 3 aliphatic rings. The topological polar surface area (TPSA) is 45.2 Å². The number of carbonyl (C=O) groups excluding carboxylic acids is 1. The van der Waals surface area contributed by atoms with E-state index in [9.17, 15) is 4.79 Å². The van der Waals surface area contributed by atoms with Crippen LogP contribution in [0.15, 0.2) is 121 Å². The van der Waals surface area contributed by atoms with Crippen LogP contribution in [0.5, 0.6) is 0 Å². The summed E-state index contributed by atoms with van der Waals surface area (Å²) in [4.78, 5) is 21.9. The number of aromatic nitrogens is 1. The second kappa shape index (κ2) is 12.4. The van der Waals surface area contributed by atoms with Gasteiger partial charge in [-0.3, -0.25) is 14.7 Å². The van der Waals surface area contributed by atoms with E-state index in [-0.39, 0.29) is 18.0 Å². The molecule has 4 nitrogen and oxygen atoms in total. The molecule has 0 aliphatic carbocycles. The zero-order valence-electron chi connectivity index (χ0n) is 24.6. The summed E-state index contributed by atoms with van der Waals surface area (Å²) in [5.41, 5.74) is 2.89. The molecule has 8 rings (SSSR count). The third-order valence-corrected chi connectivity index (χ3v) is 12.1. The molecule has 5 aromatic rings. The fraction of sp³-hybridized carbons (Fsp3) is 0.263. The fourth-order valence-electron chi connectivity index (χ4n) is 7.42. The van der Waals surface area contributed by atoms with Crippen molar-refractivity contribution in [1.29, 1.82) is 0 Å². The third kappa shape index (κ3) is 5.51. The standard InChI is InChI=1S/C38H38N3OP/c1-2-27-26-41-24-22-28(27)25-35(41)37(32-21-23-39-34-19-11-9-17-31(32)34)40-38(42)33-18-10-12-20-36(33)43(29-13-5-3-6-14-29)30-15-7-4-8-16-30/h3-21,23,27-28,35,37H,2,22,24-26H2,1H3,(H,40,42)/t27?,28?,35-,37?/m0/s1. The van der Waals surface area contributed by atoms with Crippen molar-refractivity contribution in [3.8, 4) is 0 Å². The fourth-order valence-corrected chi connectivity index (χ4v) is 9.87. The number of hydrogen-bond acceptors (Lipinski definition) is 3. The molecular weight excluding hydrogens is 545 g/mol. The molecule has 3 aliphatic heterocycles. The van der Waals surface area contributed by atoms with Gasteiger partial charge in [0.1, 0.15) is 0 Å². The Morgan fingerprint density at radius 2 is 1.56 bits per heavy atom. The first-order valence-corrected chi connectivity index (χ1v) is 16.9. The Morgan fingerprint density at radius 1 is 0.884 bits per heavy atom. The summed E-state index contributed by atoms with van der Waals surface area (Å²) in [6.07, 6.45) is 5.50. The Balaban J connectivity index is 1.30. The maximum atomic E-state index is 14.6. The maximum absolute atomic E-state index is 14.6. The first-order chi connectivity index (χ1) is 21.2. The molecule has 4 aromatic carbocycles. The summed E-state index contributed by atoms with van der Waals surface area (Å²) in [7, 11) is -0.916. The average Bonchev–Trinajstić information content (AvgIpc) is 3.08. The molecule has 5 heteroatoms. The van der Waals surface area contributed by atoms with E-state index in [0.29, 0.717) is 5.92 Å². The molecule has 0 radical (unpaired) electrons. The maximum Gasteiger partial charge on any atom is 0.252 e. The Hall–Kier alpha value is -3.85. The van der Waals surface area contributed by atoms with Crippen molar-refractivity contribution in [2.24, 2.45) is 11.8 Å². The lowest BCUT2D eigenvalue weighted by Crippen LogP contribution is -2.57. The van der Waals surface area contributed by atoms with Gasteiger partial charge in [0.2, 0.25) is 0 Å². The van der Waals surface area contributed by atoms with Gasteiger partial charge in [0.25, 0.3) is 5.91 Å². The molecule has 216 valence electrons. The molecule has 4 heterocycles. The minimum absolute atomic E-state index is 0.00413. The van der Waals surface area contributed by atoms with Crippen LogP contribution in [0.2, 0.25) is 0 Å². The highest BCUT2D eigenvalue weighted by Gasteiger charge is 2.43. The van der Waals surface area contributed by atoms with Crippen LogP contribution in [0.3, 0.4) is 0 Å². The predicted octanol–water partition coefficient (Wildman–Crippen LogP) is 6.58. The Bertz CT molecular complexity index is 1660. The molecule has 1 N–H and O–H groups in total. The first kappa shape index (κ1) is 28.0. The van der Waals surface area contributed by atoms with E-state index in [1.807, 2.05) is 24.4 Å². The molecule has 3 fully saturated rings. The second-order valence-corrected chi connectivity index (χ2v) is 14.1. The summed E-state index contributed by atoms with van der Waals surface area (Å²) in [5, 5.41) is 8.31. The number of piperidine rings is 3. The van der Waals surface area contributed by atoms with Gasteiger partial charge in [0.15, 0.2) is 0 Å². The minimum atomic E-state index is -0.916. The minimum Gasteiger partial charge on any atom is -0.344 e. The third-order valence-electron chi connectivity index (χ3n) is 9.57. The molecular formula is C38H38N3OP. The van der Waals surface area contributed by atoms with Gasteiger partial charge in [-0.05, 0) is 78.8 Å². The highest BCUT2D eigenvalue weighted by atomic mass is 31.1. The Morgan fingerprint density at radius 3 is 2.26 bits per heavy atom. The number of amides is 1. The number of pyridine rings is 1. The van der Waals surface area contributed by atoms with Crippen molar-refractivity contribution in [1.82, 2.24) is 15.2 Å². The molecule has 0 spiro atoms. The number of rotatable bonds is 8. The van der Waals surface area contributed by atoms with E-state index >= 15 is 0 Å². The van der Waals surface area contributed by atoms with E-state index in [1.165, 1.54) is 23.5 Å². The SMILES string of the molecule is CCC1CN2CCC1C[C@H]2C(NC(=O)c1ccccc1P(c1ccccc1)c1ccccc1)c1ccnc2ccccc12. The second-order valence-electron chi connectivity index (χ2n) is 11.9. The number of hydrogen-bond donors (Lipinski definition) is 1. The quantitative estimate of drug-likeness (QED) is 0.210. The van der Waals surface area contributed by atoms with Crippen molar-refractivity contribution in [2.75, 3.05) is 13.1 Å². The van der Waals surface area contributed by atoms with Crippen molar-refractivity contribution in [3.05, 3.63) is 133 Å². The molecule has 3 saturated heterocycles. The summed E-state index contributed by atoms with van der Waals surface area (Å²) in [6.45, 7) is 4.54. The lowest BCUT2D eigenvalue weighted by Gasteiger charge is -2.52. The number of para-hydroxylation sites is 1. The van der Waals surface area contributed by atoms with E-state index in [4.69, 9.17) is 0 Å². The summed E-state index contributed by atoms with van der Waals surface area (Å²) < 4.78 is 0. The van der Waals surface area contributed by atoms with Crippen LogP contribution >= 0.6 is 7.92 Å². The van der Waals surface area contributed by atoms with E-state index in [1.54, 1.807) is 0 Å². The summed E-state index contributed by atoms with van der Waals surface area (Å²) in [5.74, 6) is 1.45. The molecule has 43 heavy (non-hydrogen) atoms. The van der Waals surface area contributed by atoms with Crippen molar-refractivity contribution in [3.63, 3.8) is 0 Å².